The molecule has 30 heavy (non-hydrogen) atoms. The van der Waals surface area contributed by atoms with E-state index < -0.39 is 0 Å². The lowest BCUT2D eigenvalue weighted by molar-refractivity contribution is 0.285. The first-order chi connectivity index (χ1) is 14.6. The maximum atomic E-state index is 11.8. The number of H-pyrrole nitrogens is 1. The van der Waals surface area contributed by atoms with Gasteiger partial charge in [-0.2, -0.15) is 4.98 Å². The van der Waals surface area contributed by atoms with Gasteiger partial charge in [-0.25, -0.2) is 4.98 Å². The third kappa shape index (κ3) is 3.56. The molecule has 2 atom stereocenters. The van der Waals surface area contributed by atoms with Gasteiger partial charge in [0.2, 0.25) is 11.4 Å². The molecule has 5 rings (SSSR count). The number of ether oxygens (including phenoxy) is 1. The summed E-state index contributed by atoms with van der Waals surface area (Å²) in [6, 6.07) is 14.0. The lowest BCUT2D eigenvalue weighted by Gasteiger charge is -2.12. The van der Waals surface area contributed by atoms with Crippen LogP contribution in [0.25, 0.3) is 22.0 Å². The number of nitrogens with one attached hydrogen (secondary N) is 1. The topological polar surface area (TPSA) is 80.8 Å². The van der Waals surface area contributed by atoms with Crippen molar-refractivity contribution in [3.8, 4) is 17.0 Å². The summed E-state index contributed by atoms with van der Waals surface area (Å²) in [5.41, 5.74) is 4.46. The Bertz CT molecular complexity index is 1300. The zero-order valence-corrected chi connectivity index (χ0v) is 16.9. The normalized spacial score (nSPS) is 17.8. The molecule has 6 nitrogen and oxygen atoms in total. The first-order valence-electron chi connectivity index (χ1n) is 10.1. The summed E-state index contributed by atoms with van der Waals surface area (Å²) in [5.74, 6) is 1.97. The summed E-state index contributed by atoms with van der Waals surface area (Å²) in [6.45, 7) is 4.34. The fraction of sp³-hybridized carbons (Fsp3) is 0.250. The van der Waals surface area contributed by atoms with E-state index in [1.165, 1.54) is 0 Å². The van der Waals surface area contributed by atoms with Crippen molar-refractivity contribution in [2.75, 3.05) is 6.61 Å². The highest BCUT2D eigenvalue weighted by Gasteiger charge is 2.40. The van der Waals surface area contributed by atoms with Crippen molar-refractivity contribution in [2.45, 2.75) is 26.2 Å². The third-order valence-corrected chi connectivity index (χ3v) is 5.65. The van der Waals surface area contributed by atoms with Gasteiger partial charge in [-0.3, -0.25) is 9.78 Å². The predicted octanol–water partition coefficient (Wildman–Crippen LogP) is 4.18. The van der Waals surface area contributed by atoms with Crippen LogP contribution in [0.5, 0.6) is 5.88 Å². The zero-order chi connectivity index (χ0) is 20.7. The fourth-order valence-corrected chi connectivity index (χ4v) is 3.85. The second kappa shape index (κ2) is 7.37. The second-order valence-corrected chi connectivity index (χ2v) is 7.87. The molecular weight excluding hydrogens is 376 g/mol. The second-order valence-electron chi connectivity index (χ2n) is 7.87. The SMILES string of the molecule is Cc1ncc(-c2cc(=O)[nH]cc2C)c(OCC2CC2c2ccc3ccccc3n2)n1. The number of pyridine rings is 2. The predicted molar refractivity (Wildman–Crippen MR) is 116 cm³/mol. The minimum atomic E-state index is -0.160. The zero-order valence-electron chi connectivity index (χ0n) is 16.9. The van der Waals surface area contributed by atoms with Crippen LogP contribution in [0, 0.1) is 19.8 Å². The molecule has 0 amide bonds. The Labute approximate surface area is 174 Å². The molecule has 1 aliphatic carbocycles. The Kier molecular flexibility index (Phi) is 4.54. The van der Waals surface area contributed by atoms with E-state index in [9.17, 15) is 4.79 Å². The molecule has 1 aromatic carbocycles. The molecule has 3 aromatic heterocycles. The van der Waals surface area contributed by atoms with Crippen LogP contribution in [0.1, 0.15) is 29.4 Å². The standard InChI is InChI=1S/C24H22N4O2/c1-14-11-26-23(29)10-18(14)20-12-25-15(2)27-24(20)30-13-17-9-19(17)22-8-7-16-5-3-4-6-21(16)28-22/h3-8,10-12,17,19H,9,13H2,1-2H3,(H,26,29). The monoisotopic (exact) mass is 398 g/mol. The molecule has 4 aromatic rings. The number of para-hydroxylation sites is 1. The Morgan fingerprint density at radius 2 is 1.97 bits per heavy atom. The summed E-state index contributed by atoms with van der Waals surface area (Å²) in [4.78, 5) is 28.1. The molecule has 0 radical (unpaired) electrons. The molecular formula is C24H22N4O2. The van der Waals surface area contributed by atoms with Crippen molar-refractivity contribution < 1.29 is 4.74 Å². The van der Waals surface area contributed by atoms with E-state index in [0.29, 0.717) is 30.1 Å². The summed E-state index contributed by atoms with van der Waals surface area (Å²) in [6.07, 6.45) is 4.48. The van der Waals surface area contributed by atoms with Crippen molar-refractivity contribution >= 4 is 10.9 Å². The number of aromatic amines is 1. The van der Waals surface area contributed by atoms with Crippen molar-refractivity contribution in [3.05, 3.63) is 82.3 Å². The Hall–Kier alpha value is -3.54. The number of fused-ring (bicyclic) bond motifs is 1. The molecule has 0 bridgehead atoms. The van der Waals surface area contributed by atoms with Crippen LogP contribution in [0.3, 0.4) is 0 Å². The Morgan fingerprint density at radius 1 is 1.10 bits per heavy atom. The molecule has 0 spiro atoms. The number of aryl methyl sites for hydroxylation is 2. The lowest BCUT2D eigenvalue weighted by Crippen LogP contribution is -2.08. The van der Waals surface area contributed by atoms with E-state index in [1.807, 2.05) is 32.0 Å². The molecule has 1 fully saturated rings. The number of rotatable bonds is 5. The van der Waals surface area contributed by atoms with Gasteiger partial charge < -0.3 is 9.72 Å². The summed E-state index contributed by atoms with van der Waals surface area (Å²) in [7, 11) is 0. The van der Waals surface area contributed by atoms with E-state index >= 15 is 0 Å². The number of aromatic nitrogens is 4. The van der Waals surface area contributed by atoms with Gasteiger partial charge in [0.05, 0.1) is 17.7 Å². The highest BCUT2D eigenvalue weighted by atomic mass is 16.5. The van der Waals surface area contributed by atoms with Gasteiger partial charge in [0.1, 0.15) is 5.82 Å². The summed E-state index contributed by atoms with van der Waals surface area (Å²) in [5, 5.41) is 1.16. The van der Waals surface area contributed by atoms with Gasteiger partial charge in [0, 0.05) is 41.4 Å². The van der Waals surface area contributed by atoms with Crippen LogP contribution < -0.4 is 10.3 Å². The molecule has 1 aliphatic rings. The lowest BCUT2D eigenvalue weighted by atomic mass is 10.1. The molecule has 1 N–H and O–H groups in total. The number of hydrogen-bond acceptors (Lipinski definition) is 5. The average molecular weight is 398 g/mol. The van der Waals surface area contributed by atoms with Crippen molar-refractivity contribution in [2.24, 2.45) is 5.92 Å². The summed E-state index contributed by atoms with van der Waals surface area (Å²) >= 11 is 0. The molecule has 150 valence electrons. The maximum absolute atomic E-state index is 11.8. The fourth-order valence-electron chi connectivity index (χ4n) is 3.85. The van der Waals surface area contributed by atoms with Gasteiger partial charge in [-0.05, 0) is 43.5 Å². The van der Waals surface area contributed by atoms with Crippen LogP contribution in [0.15, 0.2) is 59.7 Å². The van der Waals surface area contributed by atoms with E-state index in [0.717, 1.165) is 39.7 Å². The van der Waals surface area contributed by atoms with Crippen molar-refractivity contribution in [1.82, 2.24) is 19.9 Å². The van der Waals surface area contributed by atoms with Crippen LogP contribution in [-0.4, -0.2) is 26.5 Å². The molecule has 6 heteroatoms. The van der Waals surface area contributed by atoms with E-state index in [1.54, 1.807) is 18.5 Å². The first kappa shape index (κ1) is 18.5. The van der Waals surface area contributed by atoms with Gasteiger partial charge >= 0.3 is 0 Å². The van der Waals surface area contributed by atoms with Gasteiger partial charge in [-0.15, -0.1) is 0 Å². The highest BCUT2D eigenvalue weighted by Crippen LogP contribution is 2.47. The van der Waals surface area contributed by atoms with Crippen LogP contribution in [0.4, 0.5) is 0 Å². The minimum Gasteiger partial charge on any atom is -0.477 e. The highest BCUT2D eigenvalue weighted by molar-refractivity contribution is 5.78. The Morgan fingerprint density at radius 3 is 2.87 bits per heavy atom. The maximum Gasteiger partial charge on any atom is 0.248 e. The molecule has 3 heterocycles. The quantitative estimate of drug-likeness (QED) is 0.545. The van der Waals surface area contributed by atoms with Crippen molar-refractivity contribution in [1.29, 1.82) is 0 Å². The van der Waals surface area contributed by atoms with E-state index in [2.05, 4.69) is 33.2 Å². The molecule has 1 saturated carbocycles. The summed E-state index contributed by atoms with van der Waals surface area (Å²) < 4.78 is 6.14. The smallest absolute Gasteiger partial charge is 0.248 e. The average Bonchev–Trinajstić information content (AvgIpc) is 3.54. The van der Waals surface area contributed by atoms with E-state index in [-0.39, 0.29) is 5.56 Å². The Balaban J connectivity index is 1.35. The van der Waals surface area contributed by atoms with Gasteiger partial charge in [-0.1, -0.05) is 24.3 Å². The van der Waals surface area contributed by atoms with Gasteiger partial charge in [0.25, 0.3) is 0 Å². The van der Waals surface area contributed by atoms with E-state index in [4.69, 9.17) is 9.72 Å². The third-order valence-electron chi connectivity index (χ3n) is 5.65. The van der Waals surface area contributed by atoms with Crippen LogP contribution >= 0.6 is 0 Å². The van der Waals surface area contributed by atoms with Crippen LogP contribution in [0.2, 0.25) is 0 Å². The van der Waals surface area contributed by atoms with Gasteiger partial charge in [0.15, 0.2) is 0 Å². The number of nitrogens with zero attached hydrogens (tertiary/aromatic N) is 3. The number of benzene rings is 1. The van der Waals surface area contributed by atoms with Crippen molar-refractivity contribution in [3.63, 3.8) is 0 Å². The minimum absolute atomic E-state index is 0.160. The molecule has 2 unspecified atom stereocenters. The largest absolute Gasteiger partial charge is 0.477 e. The first-order valence-corrected chi connectivity index (χ1v) is 10.1. The molecule has 0 saturated heterocycles. The van der Waals surface area contributed by atoms with Crippen LogP contribution in [-0.2, 0) is 0 Å². The molecule has 0 aliphatic heterocycles. The number of hydrogen-bond donors (Lipinski definition) is 1.